The van der Waals surface area contributed by atoms with E-state index in [2.05, 4.69) is 99.7 Å². The van der Waals surface area contributed by atoms with Crippen molar-refractivity contribution < 1.29 is 0 Å². The fourth-order valence-electron chi connectivity index (χ4n) is 4.54. The molecular formula is C26H32. The van der Waals surface area contributed by atoms with Gasteiger partial charge in [-0.2, -0.15) is 0 Å². The van der Waals surface area contributed by atoms with E-state index in [-0.39, 0.29) is 5.41 Å². The van der Waals surface area contributed by atoms with E-state index in [4.69, 9.17) is 0 Å². The average molecular weight is 345 g/mol. The Morgan fingerprint density at radius 1 is 0.885 bits per heavy atom. The normalized spacial score (nSPS) is 18.0. The van der Waals surface area contributed by atoms with Crippen molar-refractivity contribution in [1.29, 1.82) is 0 Å². The lowest BCUT2D eigenvalue weighted by atomic mass is 9.60. The maximum Gasteiger partial charge on any atom is 0.0303 e. The largest absolute Gasteiger partial charge is 0.0761 e. The molecule has 0 aromatic heterocycles. The van der Waals surface area contributed by atoms with Gasteiger partial charge in [0, 0.05) is 11.3 Å². The summed E-state index contributed by atoms with van der Waals surface area (Å²) in [5.74, 6) is 1.05. The summed E-state index contributed by atoms with van der Waals surface area (Å²) in [6, 6.07) is 22.4. The number of unbranched alkanes of at least 4 members (excludes halogenated alkanes) is 1. The Balaban J connectivity index is 2.20. The highest BCUT2D eigenvalue weighted by Gasteiger charge is 2.43. The smallest absolute Gasteiger partial charge is 0.0303 e. The number of hydrogen-bond donors (Lipinski definition) is 0. The van der Waals surface area contributed by atoms with E-state index in [1.54, 1.807) is 5.57 Å². The van der Waals surface area contributed by atoms with Gasteiger partial charge in [-0.3, -0.25) is 0 Å². The van der Waals surface area contributed by atoms with E-state index in [0.29, 0.717) is 11.8 Å². The molecule has 0 aliphatic heterocycles. The van der Waals surface area contributed by atoms with Crippen molar-refractivity contribution in [3.8, 4) is 0 Å². The van der Waals surface area contributed by atoms with Gasteiger partial charge >= 0.3 is 0 Å². The van der Waals surface area contributed by atoms with Crippen LogP contribution in [0.1, 0.15) is 57.6 Å². The molecule has 0 amide bonds. The Bertz CT molecular complexity index is 697. The molecule has 3 rings (SSSR count). The minimum atomic E-state index is 0.0147. The maximum atomic E-state index is 2.46. The van der Waals surface area contributed by atoms with Gasteiger partial charge < -0.3 is 0 Å². The highest BCUT2D eigenvalue weighted by Crippen LogP contribution is 2.50. The topological polar surface area (TPSA) is 0 Å². The van der Waals surface area contributed by atoms with Crippen LogP contribution in [0.3, 0.4) is 0 Å². The molecule has 2 aromatic rings. The fraction of sp³-hybridized carbons (Fsp3) is 0.385. The fourth-order valence-corrected chi connectivity index (χ4v) is 4.54. The predicted molar refractivity (Wildman–Crippen MR) is 113 cm³/mol. The van der Waals surface area contributed by atoms with Crippen LogP contribution in [0.4, 0.5) is 0 Å². The minimum absolute atomic E-state index is 0.0147. The van der Waals surface area contributed by atoms with Crippen LogP contribution in [0, 0.1) is 11.8 Å². The Morgan fingerprint density at radius 3 is 1.96 bits per heavy atom. The Kier molecular flexibility index (Phi) is 6.14. The molecule has 0 radical (unpaired) electrons. The van der Waals surface area contributed by atoms with Crippen molar-refractivity contribution in [2.45, 2.75) is 51.9 Å². The first-order chi connectivity index (χ1) is 12.7. The van der Waals surface area contributed by atoms with Gasteiger partial charge in [-0.15, -0.1) is 0 Å². The molecule has 1 aliphatic carbocycles. The molecule has 2 unspecified atom stereocenters. The first-order valence-electron chi connectivity index (χ1n) is 10.2. The third-order valence-corrected chi connectivity index (χ3v) is 6.17. The van der Waals surface area contributed by atoms with Crippen molar-refractivity contribution in [2.75, 3.05) is 0 Å². The molecule has 0 heteroatoms. The first-order valence-corrected chi connectivity index (χ1v) is 10.2. The van der Waals surface area contributed by atoms with Gasteiger partial charge in [0.1, 0.15) is 0 Å². The zero-order valence-electron chi connectivity index (χ0n) is 16.5. The summed E-state index contributed by atoms with van der Waals surface area (Å²) >= 11 is 0. The summed E-state index contributed by atoms with van der Waals surface area (Å²) in [6.45, 7) is 6.99. The molecule has 0 N–H and O–H groups in total. The molecule has 2 aromatic carbocycles. The second kappa shape index (κ2) is 8.54. The molecule has 26 heavy (non-hydrogen) atoms. The lowest BCUT2D eigenvalue weighted by Crippen LogP contribution is -2.37. The number of allylic oxidation sites excluding steroid dienone is 4. The zero-order chi connectivity index (χ0) is 18.4. The van der Waals surface area contributed by atoms with Gasteiger partial charge in [0.25, 0.3) is 0 Å². The molecule has 2 atom stereocenters. The lowest BCUT2D eigenvalue weighted by Gasteiger charge is -2.42. The second-order valence-electron chi connectivity index (χ2n) is 7.65. The van der Waals surface area contributed by atoms with Crippen molar-refractivity contribution in [1.82, 2.24) is 0 Å². The molecule has 0 saturated heterocycles. The van der Waals surface area contributed by atoms with Crippen LogP contribution in [0.15, 0.2) is 84.5 Å². The molecule has 1 aliphatic rings. The summed E-state index contributed by atoms with van der Waals surface area (Å²) < 4.78 is 0. The van der Waals surface area contributed by atoms with Gasteiger partial charge in [-0.25, -0.2) is 0 Å². The van der Waals surface area contributed by atoms with Gasteiger partial charge in [-0.1, -0.05) is 118 Å². The highest BCUT2D eigenvalue weighted by atomic mass is 14.5. The van der Waals surface area contributed by atoms with E-state index in [1.165, 1.54) is 36.8 Å². The Labute approximate surface area is 159 Å². The quantitative estimate of drug-likeness (QED) is 0.470. The van der Waals surface area contributed by atoms with E-state index in [1.807, 2.05) is 0 Å². The minimum Gasteiger partial charge on any atom is -0.0761 e. The van der Waals surface area contributed by atoms with Gasteiger partial charge in [-0.05, 0) is 29.9 Å². The van der Waals surface area contributed by atoms with Crippen molar-refractivity contribution in [3.63, 3.8) is 0 Å². The van der Waals surface area contributed by atoms with Crippen LogP contribution in [0.2, 0.25) is 0 Å². The van der Waals surface area contributed by atoms with Gasteiger partial charge in [0.2, 0.25) is 0 Å². The van der Waals surface area contributed by atoms with Crippen LogP contribution < -0.4 is 0 Å². The molecule has 0 spiro atoms. The van der Waals surface area contributed by atoms with Crippen molar-refractivity contribution in [2.24, 2.45) is 11.8 Å². The van der Waals surface area contributed by atoms with Crippen LogP contribution in [-0.4, -0.2) is 0 Å². The monoisotopic (exact) mass is 344 g/mol. The molecule has 0 bridgehead atoms. The molecule has 0 nitrogen and oxygen atoms in total. The van der Waals surface area contributed by atoms with E-state index >= 15 is 0 Å². The molecular weight excluding hydrogens is 312 g/mol. The third-order valence-electron chi connectivity index (χ3n) is 6.17. The molecule has 0 saturated carbocycles. The Hall–Kier alpha value is -2.08. The standard InChI is InChI=1S/C26H32/c1-4-6-20-26(22-14-9-7-10-15-22,23-16-11-8-12-17-23)25-19-13-18-24(25)21(3)5-2/h7-19,21,25H,4-6,20H2,1-3H3. The third kappa shape index (κ3) is 3.43. The SMILES string of the molecule is CCCCC(c1ccccc1)(c1ccccc1)C1C=CC=C1C(C)CC. The van der Waals surface area contributed by atoms with Gasteiger partial charge in [0.05, 0.1) is 0 Å². The number of hydrogen-bond acceptors (Lipinski definition) is 0. The van der Waals surface area contributed by atoms with Crippen molar-refractivity contribution >= 4 is 0 Å². The molecule has 0 fully saturated rings. The zero-order valence-corrected chi connectivity index (χ0v) is 16.5. The number of benzene rings is 2. The van der Waals surface area contributed by atoms with Crippen LogP contribution in [0.25, 0.3) is 0 Å². The molecule has 0 heterocycles. The maximum absolute atomic E-state index is 2.46. The summed E-state index contributed by atoms with van der Waals surface area (Å²) in [7, 11) is 0. The summed E-state index contributed by atoms with van der Waals surface area (Å²) in [5.41, 5.74) is 4.51. The lowest BCUT2D eigenvalue weighted by molar-refractivity contribution is 0.360. The summed E-state index contributed by atoms with van der Waals surface area (Å²) in [5, 5.41) is 0. The summed E-state index contributed by atoms with van der Waals surface area (Å²) in [6.07, 6.45) is 12.0. The predicted octanol–water partition coefficient (Wildman–Crippen LogP) is 7.32. The van der Waals surface area contributed by atoms with Crippen LogP contribution in [-0.2, 0) is 5.41 Å². The molecule has 136 valence electrons. The Morgan fingerprint density at radius 2 is 1.46 bits per heavy atom. The number of rotatable bonds is 8. The van der Waals surface area contributed by atoms with E-state index < -0.39 is 0 Å². The van der Waals surface area contributed by atoms with E-state index in [9.17, 15) is 0 Å². The van der Waals surface area contributed by atoms with E-state index in [0.717, 1.165) is 0 Å². The van der Waals surface area contributed by atoms with Crippen LogP contribution in [0.5, 0.6) is 0 Å². The average Bonchev–Trinajstić information content (AvgIpc) is 3.20. The first kappa shape index (κ1) is 18.7. The second-order valence-corrected chi connectivity index (χ2v) is 7.65. The van der Waals surface area contributed by atoms with Gasteiger partial charge in [0.15, 0.2) is 0 Å². The highest BCUT2D eigenvalue weighted by molar-refractivity contribution is 5.47. The van der Waals surface area contributed by atoms with Crippen LogP contribution >= 0.6 is 0 Å². The summed E-state index contributed by atoms with van der Waals surface area (Å²) in [4.78, 5) is 0. The van der Waals surface area contributed by atoms with Crippen molar-refractivity contribution in [3.05, 3.63) is 95.6 Å².